The number of nitrogens with zero attached hydrogens (tertiary/aromatic N) is 2. The smallest absolute Gasteiger partial charge is 0.145 e. The van der Waals surface area contributed by atoms with E-state index in [4.69, 9.17) is 10.9 Å². The Morgan fingerprint density at radius 1 is 1.35 bits per heavy atom. The number of nitrogen functional groups attached to an aromatic ring is 1. The highest BCUT2D eigenvalue weighted by atomic mass is 16.3. The molecule has 0 aromatic carbocycles. The molecular weight excluding hydrogens is 218 g/mol. The summed E-state index contributed by atoms with van der Waals surface area (Å²) in [5.74, 6) is 7.68. The monoisotopic (exact) mass is 239 g/mol. The normalized spacial score (nSPS) is 12.6. The fourth-order valence-electron chi connectivity index (χ4n) is 1.62. The van der Waals surface area contributed by atoms with Gasteiger partial charge in [-0.05, 0) is 19.3 Å². The zero-order valence-corrected chi connectivity index (χ0v) is 10.6. The van der Waals surface area contributed by atoms with E-state index in [2.05, 4.69) is 34.6 Å². The number of hydrogen-bond acceptors (Lipinski definition) is 6. The summed E-state index contributed by atoms with van der Waals surface area (Å²) in [6, 6.07) is 1.93. The number of anilines is 2. The first-order valence-electron chi connectivity index (χ1n) is 5.76. The molecule has 6 heteroatoms. The molecule has 96 valence electrons. The molecule has 0 aliphatic carbocycles. The van der Waals surface area contributed by atoms with Crippen LogP contribution in [0, 0.1) is 12.8 Å². The fraction of sp³-hybridized carbons (Fsp3) is 0.636. The molecule has 0 saturated heterocycles. The van der Waals surface area contributed by atoms with Crippen molar-refractivity contribution in [2.45, 2.75) is 33.2 Å². The largest absolute Gasteiger partial charge is 0.396 e. The maximum atomic E-state index is 9.01. The van der Waals surface area contributed by atoms with Crippen LogP contribution in [0.3, 0.4) is 0 Å². The average molecular weight is 239 g/mol. The van der Waals surface area contributed by atoms with Crippen molar-refractivity contribution < 1.29 is 5.11 Å². The zero-order valence-electron chi connectivity index (χ0n) is 10.6. The lowest BCUT2D eigenvalue weighted by Gasteiger charge is -2.22. The Hall–Kier alpha value is -1.40. The molecule has 0 radical (unpaired) electrons. The quantitative estimate of drug-likeness (QED) is 0.435. The molecule has 0 aliphatic heterocycles. The van der Waals surface area contributed by atoms with Crippen LogP contribution in [0.15, 0.2) is 6.07 Å². The number of hydrogen-bond donors (Lipinski definition) is 4. The Kier molecular flexibility index (Phi) is 5.11. The predicted molar refractivity (Wildman–Crippen MR) is 68.5 cm³/mol. The Balaban J connectivity index is 2.81. The number of aromatic nitrogens is 2. The maximum Gasteiger partial charge on any atom is 0.145 e. The van der Waals surface area contributed by atoms with Crippen LogP contribution in [0.4, 0.5) is 11.6 Å². The Morgan fingerprint density at radius 3 is 2.53 bits per heavy atom. The average Bonchev–Trinajstić information content (AvgIpc) is 2.27. The lowest BCUT2D eigenvalue weighted by molar-refractivity contribution is 0.267. The van der Waals surface area contributed by atoms with Crippen molar-refractivity contribution in [3.63, 3.8) is 0 Å². The van der Waals surface area contributed by atoms with Gasteiger partial charge in [0.1, 0.15) is 17.5 Å². The van der Waals surface area contributed by atoms with E-state index in [1.807, 2.05) is 6.92 Å². The minimum Gasteiger partial charge on any atom is -0.396 e. The fourth-order valence-corrected chi connectivity index (χ4v) is 1.62. The van der Waals surface area contributed by atoms with Gasteiger partial charge in [-0.3, -0.25) is 0 Å². The van der Waals surface area contributed by atoms with Gasteiger partial charge in [0.2, 0.25) is 0 Å². The minimum absolute atomic E-state index is 0.155. The molecule has 0 amide bonds. The lowest BCUT2D eigenvalue weighted by Crippen LogP contribution is -2.27. The molecule has 1 unspecified atom stereocenters. The summed E-state index contributed by atoms with van der Waals surface area (Å²) in [5, 5.41) is 12.3. The summed E-state index contributed by atoms with van der Waals surface area (Å²) in [4.78, 5) is 8.40. The molecule has 0 aliphatic rings. The van der Waals surface area contributed by atoms with E-state index in [1.54, 1.807) is 6.07 Å². The van der Waals surface area contributed by atoms with Gasteiger partial charge in [-0.15, -0.1) is 0 Å². The van der Waals surface area contributed by atoms with Crippen LogP contribution in [0.25, 0.3) is 0 Å². The SMILES string of the molecule is Cc1nc(NN)cc(NC(CCO)C(C)C)n1. The van der Waals surface area contributed by atoms with Crippen molar-refractivity contribution in [2.75, 3.05) is 17.3 Å². The second kappa shape index (κ2) is 6.36. The van der Waals surface area contributed by atoms with Gasteiger partial charge in [-0.25, -0.2) is 15.8 Å². The molecular formula is C11H21N5O. The number of nitrogens with two attached hydrogens (primary N) is 1. The van der Waals surface area contributed by atoms with Gasteiger partial charge in [-0.2, -0.15) is 0 Å². The van der Waals surface area contributed by atoms with E-state index in [9.17, 15) is 0 Å². The number of rotatable bonds is 6. The summed E-state index contributed by atoms with van der Waals surface area (Å²) < 4.78 is 0. The summed E-state index contributed by atoms with van der Waals surface area (Å²) in [6.45, 7) is 6.16. The van der Waals surface area contributed by atoms with E-state index in [0.29, 0.717) is 24.0 Å². The van der Waals surface area contributed by atoms with Gasteiger partial charge in [0.25, 0.3) is 0 Å². The van der Waals surface area contributed by atoms with Crippen LogP contribution < -0.4 is 16.6 Å². The molecule has 6 nitrogen and oxygen atoms in total. The third-order valence-electron chi connectivity index (χ3n) is 2.56. The maximum absolute atomic E-state index is 9.01. The van der Waals surface area contributed by atoms with Crippen LogP contribution in [-0.4, -0.2) is 27.7 Å². The zero-order chi connectivity index (χ0) is 12.8. The van der Waals surface area contributed by atoms with Crippen LogP contribution in [0.2, 0.25) is 0 Å². The summed E-state index contributed by atoms with van der Waals surface area (Å²) in [7, 11) is 0. The number of nitrogens with one attached hydrogen (secondary N) is 2. The van der Waals surface area contributed by atoms with Gasteiger partial charge in [0.05, 0.1) is 0 Å². The van der Waals surface area contributed by atoms with E-state index in [0.717, 1.165) is 5.82 Å². The number of aliphatic hydroxyl groups excluding tert-OH is 1. The van der Waals surface area contributed by atoms with E-state index >= 15 is 0 Å². The van der Waals surface area contributed by atoms with E-state index in [1.165, 1.54) is 0 Å². The van der Waals surface area contributed by atoms with Crippen LogP contribution >= 0.6 is 0 Å². The highest BCUT2D eigenvalue weighted by Gasteiger charge is 2.13. The van der Waals surface area contributed by atoms with E-state index < -0.39 is 0 Å². The van der Waals surface area contributed by atoms with Crippen molar-refractivity contribution in [2.24, 2.45) is 11.8 Å². The van der Waals surface area contributed by atoms with Crippen molar-refractivity contribution in [3.05, 3.63) is 11.9 Å². The third kappa shape index (κ3) is 4.16. The van der Waals surface area contributed by atoms with Gasteiger partial charge < -0.3 is 15.8 Å². The summed E-state index contributed by atoms with van der Waals surface area (Å²) in [6.07, 6.45) is 0.687. The first kappa shape index (κ1) is 13.7. The number of aliphatic hydroxyl groups is 1. The lowest BCUT2D eigenvalue weighted by atomic mass is 10.0. The van der Waals surface area contributed by atoms with Gasteiger partial charge in [0, 0.05) is 18.7 Å². The molecule has 0 spiro atoms. The second-order valence-electron chi connectivity index (χ2n) is 4.34. The topological polar surface area (TPSA) is 96.1 Å². The second-order valence-corrected chi connectivity index (χ2v) is 4.34. The third-order valence-corrected chi connectivity index (χ3v) is 2.56. The molecule has 0 saturated carbocycles. The number of hydrazine groups is 1. The highest BCUT2D eigenvalue weighted by Crippen LogP contribution is 2.15. The van der Waals surface area contributed by atoms with Crippen molar-refractivity contribution in [1.29, 1.82) is 0 Å². The van der Waals surface area contributed by atoms with Gasteiger partial charge in [0.15, 0.2) is 0 Å². The first-order chi connectivity index (χ1) is 8.06. The molecule has 5 N–H and O–H groups in total. The molecule has 1 rings (SSSR count). The Morgan fingerprint density at radius 2 is 2.00 bits per heavy atom. The molecule has 1 aromatic rings. The molecule has 1 aromatic heterocycles. The molecule has 0 bridgehead atoms. The molecule has 17 heavy (non-hydrogen) atoms. The molecule has 1 heterocycles. The van der Waals surface area contributed by atoms with Crippen LogP contribution in [0.1, 0.15) is 26.1 Å². The van der Waals surface area contributed by atoms with Crippen molar-refractivity contribution in [3.8, 4) is 0 Å². The summed E-state index contributed by atoms with van der Waals surface area (Å²) >= 11 is 0. The van der Waals surface area contributed by atoms with Crippen LogP contribution in [0.5, 0.6) is 0 Å². The standard InChI is InChI=1S/C11H21N5O/c1-7(2)9(4-5-17)15-10-6-11(16-12)14-8(3)13-10/h6-7,9,17H,4-5,12H2,1-3H3,(H2,13,14,15,16). The predicted octanol–water partition coefficient (Wildman–Crippen LogP) is 0.890. The summed E-state index contributed by atoms with van der Waals surface area (Å²) in [5.41, 5.74) is 2.50. The Labute approximate surface area is 102 Å². The number of aryl methyl sites for hydroxylation is 1. The van der Waals surface area contributed by atoms with Crippen LogP contribution in [-0.2, 0) is 0 Å². The van der Waals surface area contributed by atoms with E-state index in [-0.39, 0.29) is 12.6 Å². The Bertz CT molecular complexity index is 356. The first-order valence-corrected chi connectivity index (χ1v) is 5.76. The minimum atomic E-state index is 0.155. The van der Waals surface area contributed by atoms with Gasteiger partial charge in [-0.1, -0.05) is 13.8 Å². The molecule has 0 fully saturated rings. The molecule has 1 atom stereocenters. The highest BCUT2D eigenvalue weighted by molar-refractivity contribution is 5.47. The van der Waals surface area contributed by atoms with Gasteiger partial charge >= 0.3 is 0 Å². The van der Waals surface area contributed by atoms with Crippen molar-refractivity contribution in [1.82, 2.24) is 9.97 Å². The van der Waals surface area contributed by atoms with Crippen molar-refractivity contribution >= 4 is 11.6 Å².